The highest BCUT2D eigenvalue weighted by atomic mass is 16.5. The molecule has 0 bridgehead atoms. The number of nitrogens with one attached hydrogen (secondary N) is 1. The van der Waals surface area contributed by atoms with Crippen LogP contribution in [-0.2, 0) is 29.0 Å². The smallest absolute Gasteiger partial charge is 0.262 e. The van der Waals surface area contributed by atoms with Crippen molar-refractivity contribution in [2.45, 2.75) is 70.2 Å². The number of methoxy groups -OCH3 is 1. The maximum Gasteiger partial charge on any atom is 0.262 e. The van der Waals surface area contributed by atoms with Crippen molar-refractivity contribution < 1.29 is 14.3 Å². The average Bonchev–Trinajstić information content (AvgIpc) is 3.00. The summed E-state index contributed by atoms with van der Waals surface area (Å²) in [4.78, 5) is 18.9. The fraction of sp³-hybridized carbons (Fsp3) is 0.412. The van der Waals surface area contributed by atoms with Crippen LogP contribution in [-0.4, -0.2) is 41.7 Å². The number of aryl methyl sites for hydroxylation is 1. The van der Waals surface area contributed by atoms with Gasteiger partial charge in [-0.15, -0.1) is 0 Å². The van der Waals surface area contributed by atoms with E-state index in [9.17, 15) is 4.79 Å². The summed E-state index contributed by atoms with van der Waals surface area (Å²) in [6.07, 6.45) is 14.8. The van der Waals surface area contributed by atoms with E-state index in [2.05, 4.69) is 75.9 Å². The highest BCUT2D eigenvalue weighted by molar-refractivity contribution is 5.95. The van der Waals surface area contributed by atoms with Crippen LogP contribution in [0.5, 0.6) is 5.75 Å². The van der Waals surface area contributed by atoms with Gasteiger partial charge in [0.05, 0.1) is 17.1 Å². The van der Waals surface area contributed by atoms with Gasteiger partial charge in [-0.25, -0.2) is 0 Å². The van der Waals surface area contributed by atoms with Gasteiger partial charge in [-0.2, -0.15) is 0 Å². The van der Waals surface area contributed by atoms with Crippen molar-refractivity contribution in [3.63, 3.8) is 0 Å². The number of benzene rings is 2. The molecule has 1 unspecified atom stereocenters. The van der Waals surface area contributed by atoms with Crippen LogP contribution in [0, 0.1) is 5.92 Å². The molecule has 2 aliphatic carbocycles. The van der Waals surface area contributed by atoms with Crippen LogP contribution in [0.4, 0.5) is 5.69 Å². The lowest BCUT2D eigenvalue weighted by Gasteiger charge is -2.37. The first kappa shape index (κ1) is 26.7. The molecule has 1 N–H and O–H groups in total. The van der Waals surface area contributed by atoms with Gasteiger partial charge >= 0.3 is 0 Å². The predicted octanol–water partition coefficient (Wildman–Crippen LogP) is 4.59. The second-order valence-corrected chi connectivity index (χ2v) is 11.4. The molecule has 1 amide bonds. The number of fused-ring (bicyclic) bond motifs is 2. The second kappa shape index (κ2) is 12.4. The summed E-state index contributed by atoms with van der Waals surface area (Å²) >= 11 is 0. The number of aromatic nitrogens is 1. The maximum absolute atomic E-state index is 11.7. The number of hydrogen-bond acceptors (Lipinski definition) is 5. The van der Waals surface area contributed by atoms with E-state index in [0.717, 1.165) is 48.6 Å². The van der Waals surface area contributed by atoms with Crippen LogP contribution in [0.3, 0.4) is 0 Å². The molecule has 3 aliphatic rings. The lowest BCUT2D eigenvalue weighted by atomic mass is 9.81. The topological polar surface area (TPSA) is 63.7 Å². The Kier molecular flexibility index (Phi) is 8.26. The van der Waals surface area contributed by atoms with E-state index in [-0.39, 0.29) is 18.6 Å². The van der Waals surface area contributed by atoms with Crippen LogP contribution in [0.25, 0.3) is 12.2 Å². The summed E-state index contributed by atoms with van der Waals surface area (Å²) in [6, 6.07) is 19.7. The number of ether oxygens (including phenoxy) is 2. The van der Waals surface area contributed by atoms with Gasteiger partial charge in [-0.3, -0.25) is 14.7 Å². The van der Waals surface area contributed by atoms with Crippen molar-refractivity contribution in [2.75, 3.05) is 19.0 Å². The monoisotopic (exact) mass is 537 g/mol. The van der Waals surface area contributed by atoms with E-state index in [1.807, 2.05) is 12.3 Å². The van der Waals surface area contributed by atoms with Gasteiger partial charge in [-0.05, 0) is 91.8 Å². The van der Waals surface area contributed by atoms with Crippen molar-refractivity contribution in [3.8, 4) is 5.75 Å². The van der Waals surface area contributed by atoms with Crippen molar-refractivity contribution in [3.05, 3.63) is 88.1 Å². The zero-order valence-corrected chi connectivity index (χ0v) is 23.4. The van der Waals surface area contributed by atoms with E-state index in [4.69, 9.17) is 9.47 Å². The fourth-order valence-electron chi connectivity index (χ4n) is 6.49. The Morgan fingerprint density at radius 3 is 2.67 bits per heavy atom. The van der Waals surface area contributed by atoms with Gasteiger partial charge in [0.25, 0.3) is 5.91 Å². The average molecular weight is 538 g/mol. The molecule has 1 aliphatic heterocycles. The number of carbonyl (C=O) groups is 1. The summed E-state index contributed by atoms with van der Waals surface area (Å²) in [6.45, 7) is 1.88. The zero-order chi connectivity index (χ0) is 27.3. The Morgan fingerprint density at radius 2 is 1.85 bits per heavy atom. The first-order chi connectivity index (χ1) is 19.6. The minimum Gasteiger partial charge on any atom is -0.482 e. The quantitative estimate of drug-likeness (QED) is 0.433. The molecule has 1 aromatic heterocycles. The van der Waals surface area contributed by atoms with Crippen LogP contribution >= 0.6 is 0 Å². The number of amides is 1. The van der Waals surface area contributed by atoms with Crippen LogP contribution < -0.4 is 20.6 Å². The Bertz CT molecular complexity index is 1450. The summed E-state index contributed by atoms with van der Waals surface area (Å²) in [5.41, 5.74) is 4.73. The first-order valence-electron chi connectivity index (χ1n) is 14.7. The molecule has 0 saturated heterocycles. The number of pyridine rings is 1. The summed E-state index contributed by atoms with van der Waals surface area (Å²) in [7, 11) is 1.79. The molecule has 40 heavy (non-hydrogen) atoms. The fourth-order valence-corrected chi connectivity index (χ4v) is 6.49. The molecule has 6 heteroatoms. The third-order valence-corrected chi connectivity index (χ3v) is 8.76. The van der Waals surface area contributed by atoms with Crippen LogP contribution in [0.1, 0.15) is 55.2 Å². The Balaban J connectivity index is 1.11. The third-order valence-electron chi connectivity index (χ3n) is 8.76. The van der Waals surface area contributed by atoms with E-state index < -0.39 is 0 Å². The van der Waals surface area contributed by atoms with Crippen LogP contribution in [0.2, 0.25) is 0 Å². The summed E-state index contributed by atoms with van der Waals surface area (Å²) in [5.74, 6) is 1.43. The number of anilines is 1. The number of carbonyl (C=O) groups excluding carboxylic acids is 1. The highest BCUT2D eigenvalue weighted by Gasteiger charge is 2.27. The van der Waals surface area contributed by atoms with E-state index >= 15 is 0 Å². The second-order valence-electron chi connectivity index (χ2n) is 11.4. The molecule has 208 valence electrons. The van der Waals surface area contributed by atoms with Crippen molar-refractivity contribution in [2.24, 2.45) is 5.92 Å². The Morgan fingerprint density at radius 1 is 1.02 bits per heavy atom. The lowest BCUT2D eigenvalue weighted by molar-refractivity contribution is -0.118. The molecule has 3 aromatic rings. The molecule has 0 radical (unpaired) electrons. The van der Waals surface area contributed by atoms with Crippen molar-refractivity contribution in [1.82, 2.24) is 9.88 Å². The number of nitrogens with zero attached hydrogens (tertiary/aromatic N) is 2. The highest BCUT2D eigenvalue weighted by Crippen LogP contribution is 2.34. The van der Waals surface area contributed by atoms with Gasteiger partial charge in [0, 0.05) is 37.7 Å². The molecular formula is C34H39N3O3. The first-order valence-corrected chi connectivity index (χ1v) is 14.7. The van der Waals surface area contributed by atoms with Crippen LogP contribution in [0.15, 0.2) is 60.8 Å². The molecule has 6 nitrogen and oxygen atoms in total. The van der Waals surface area contributed by atoms with Crippen molar-refractivity contribution in [1.29, 1.82) is 0 Å². The predicted molar refractivity (Wildman–Crippen MR) is 158 cm³/mol. The molecule has 2 heterocycles. The molecule has 6 rings (SSSR count). The largest absolute Gasteiger partial charge is 0.482 e. The standard InChI is InChI=1S/C34H39N3O3/c1-39-29-14-16-31-30(20-29)27(17-18-35-31)11-7-24-8-12-28(13-9-24)37(21-25-5-3-2-4-6-25)22-26-10-15-32-33(19-26)40-23-34(38)36-32/h2-6,10,15-20,24,28-29H,7-9,11-14,21-23H2,1H3,(H,36,38). The van der Waals surface area contributed by atoms with Gasteiger partial charge in [0.15, 0.2) is 6.61 Å². The van der Waals surface area contributed by atoms with Gasteiger partial charge < -0.3 is 14.8 Å². The third kappa shape index (κ3) is 6.29. The number of hydrogen-bond donors (Lipinski definition) is 1. The molecule has 1 saturated carbocycles. The molecule has 2 aromatic carbocycles. The van der Waals surface area contributed by atoms with Gasteiger partial charge in [0.2, 0.25) is 0 Å². The summed E-state index contributed by atoms with van der Waals surface area (Å²) < 4.78 is 11.3. The molecular weight excluding hydrogens is 498 g/mol. The minimum absolute atomic E-state index is 0.0831. The van der Waals surface area contributed by atoms with E-state index in [1.54, 1.807) is 7.11 Å². The maximum atomic E-state index is 11.7. The molecule has 0 spiro atoms. The lowest BCUT2D eigenvalue weighted by Crippen LogP contribution is -2.38. The Hall–Kier alpha value is -3.48. The van der Waals surface area contributed by atoms with Gasteiger partial charge in [-0.1, -0.05) is 42.5 Å². The summed E-state index contributed by atoms with van der Waals surface area (Å²) in [5, 5.41) is 5.29. The number of rotatable bonds is 9. The van der Waals surface area contributed by atoms with E-state index in [1.165, 1.54) is 54.0 Å². The zero-order valence-electron chi connectivity index (χ0n) is 23.4. The van der Waals surface area contributed by atoms with Crippen molar-refractivity contribution >= 4 is 23.7 Å². The molecule has 1 fully saturated rings. The SMILES string of the molecule is COC1C=c2c(CCC3CCC(N(Cc4ccccc4)Cc4ccc5c(c4)OCC(=O)N5)CC3)ccnc2=CC1. The molecule has 1 atom stereocenters. The minimum atomic E-state index is -0.0952. The van der Waals surface area contributed by atoms with Gasteiger partial charge in [0.1, 0.15) is 5.75 Å². The van der Waals surface area contributed by atoms with E-state index in [0.29, 0.717) is 6.04 Å². The normalized spacial score (nSPS) is 21.9. The Labute approximate surface area is 236 Å².